The molecule has 4 aromatic rings. The largest absolute Gasteiger partial charge is 0.491 e. The second-order valence-electron chi connectivity index (χ2n) is 9.00. The minimum atomic E-state index is -0.906. The van der Waals surface area contributed by atoms with Gasteiger partial charge in [-0.2, -0.15) is 4.89 Å². The second kappa shape index (κ2) is 14.1. The summed E-state index contributed by atoms with van der Waals surface area (Å²) in [6.45, 7) is 2.26. The molecule has 0 aliphatic heterocycles. The molecule has 196 valence electrons. The van der Waals surface area contributed by atoms with Crippen molar-refractivity contribution >= 4 is 11.1 Å². The predicted molar refractivity (Wildman–Crippen MR) is 151 cm³/mol. The van der Waals surface area contributed by atoms with Crippen LogP contribution in [-0.2, 0) is 11.5 Å². The summed E-state index contributed by atoms with van der Waals surface area (Å²) in [4.78, 5) is 11.0. The first-order chi connectivity index (χ1) is 18.7. The zero-order valence-electron chi connectivity index (χ0n) is 21.6. The van der Waals surface area contributed by atoms with E-state index in [4.69, 9.17) is 19.6 Å². The Morgan fingerprint density at radius 2 is 1.29 bits per heavy atom. The summed E-state index contributed by atoms with van der Waals surface area (Å²) in [7, 11) is 0. The summed E-state index contributed by atoms with van der Waals surface area (Å²) < 4.78 is 5.62. The van der Waals surface area contributed by atoms with Crippen LogP contribution in [0.5, 0.6) is 11.5 Å². The molecule has 0 fully saturated rings. The Kier molecular flexibility index (Phi) is 10.1. The molecule has 1 atom stereocenters. The van der Waals surface area contributed by atoms with E-state index >= 15 is 0 Å². The lowest BCUT2D eigenvalue weighted by Crippen LogP contribution is -2.21. The van der Waals surface area contributed by atoms with E-state index in [0.29, 0.717) is 18.1 Å². The number of hydrogen-bond donors (Lipinski definition) is 2. The predicted octanol–water partition coefficient (Wildman–Crippen LogP) is 6.69. The fraction of sp³-hybridized carbons (Fsp3) is 0.212. The maximum absolute atomic E-state index is 9.60. The van der Waals surface area contributed by atoms with Crippen LogP contribution < -0.4 is 9.62 Å². The Morgan fingerprint density at radius 1 is 0.711 bits per heavy atom. The number of allylic oxidation sites excluding steroid dienone is 1. The van der Waals surface area contributed by atoms with Crippen molar-refractivity contribution in [3.8, 4) is 11.5 Å². The summed E-state index contributed by atoms with van der Waals surface area (Å²) in [5.41, 5.74) is 6.74. The van der Waals surface area contributed by atoms with Gasteiger partial charge in [0, 0.05) is 0 Å². The molecule has 0 heterocycles. The van der Waals surface area contributed by atoms with Gasteiger partial charge in [-0.3, -0.25) is 0 Å². The van der Waals surface area contributed by atoms with Crippen LogP contribution in [0.3, 0.4) is 0 Å². The van der Waals surface area contributed by atoms with Crippen molar-refractivity contribution in [3.63, 3.8) is 0 Å². The van der Waals surface area contributed by atoms with Crippen molar-refractivity contribution in [2.45, 2.75) is 32.5 Å². The van der Waals surface area contributed by atoms with Gasteiger partial charge in [0.15, 0.2) is 5.75 Å². The van der Waals surface area contributed by atoms with Crippen molar-refractivity contribution in [2.24, 2.45) is 0 Å². The third-order valence-electron chi connectivity index (χ3n) is 6.09. The third kappa shape index (κ3) is 7.56. The average molecular weight is 511 g/mol. The molecule has 5 nitrogen and oxygen atoms in total. The van der Waals surface area contributed by atoms with Gasteiger partial charge in [-0.1, -0.05) is 98.3 Å². The molecule has 0 aliphatic carbocycles. The summed E-state index contributed by atoms with van der Waals surface area (Å²) in [5.74, 6) is 1.27. The van der Waals surface area contributed by atoms with Crippen LogP contribution in [0.4, 0.5) is 0 Å². The van der Waals surface area contributed by atoms with Gasteiger partial charge in [0.1, 0.15) is 25.1 Å². The average Bonchev–Trinajstić information content (AvgIpc) is 2.98. The van der Waals surface area contributed by atoms with Gasteiger partial charge >= 0.3 is 0 Å². The molecular weight excluding hydrogens is 476 g/mol. The van der Waals surface area contributed by atoms with Crippen molar-refractivity contribution in [1.29, 1.82) is 0 Å². The van der Waals surface area contributed by atoms with E-state index in [2.05, 4.69) is 43.3 Å². The maximum atomic E-state index is 9.60. The molecule has 0 bridgehead atoms. The SMILES string of the molecule is CCC/C(=C(/c1ccc(OCC(O)CO)cc1)c1ccc(OOCc2ccccc2)cc1)c1ccccc1. The zero-order chi connectivity index (χ0) is 26.6. The van der Waals surface area contributed by atoms with Gasteiger partial charge in [0.2, 0.25) is 0 Å². The van der Waals surface area contributed by atoms with Crippen molar-refractivity contribution in [2.75, 3.05) is 13.2 Å². The number of ether oxygens (including phenoxy) is 1. The molecule has 1 unspecified atom stereocenters. The molecule has 0 aliphatic rings. The van der Waals surface area contributed by atoms with Crippen LogP contribution in [0, 0.1) is 0 Å². The molecular formula is C33H34O5. The van der Waals surface area contributed by atoms with Gasteiger partial charge in [-0.15, -0.1) is 0 Å². The van der Waals surface area contributed by atoms with E-state index in [0.717, 1.165) is 35.1 Å². The van der Waals surface area contributed by atoms with E-state index < -0.39 is 6.10 Å². The van der Waals surface area contributed by atoms with E-state index in [1.165, 1.54) is 11.1 Å². The number of rotatable bonds is 13. The highest BCUT2D eigenvalue weighted by molar-refractivity contribution is 5.98. The fourth-order valence-electron chi connectivity index (χ4n) is 4.20. The number of aliphatic hydroxyl groups is 2. The first-order valence-corrected chi connectivity index (χ1v) is 12.9. The smallest absolute Gasteiger partial charge is 0.165 e. The molecule has 4 rings (SSSR count). The minimum Gasteiger partial charge on any atom is -0.491 e. The summed E-state index contributed by atoms with van der Waals surface area (Å²) in [6.07, 6.45) is 1.01. The number of hydrogen-bond acceptors (Lipinski definition) is 5. The van der Waals surface area contributed by atoms with E-state index in [9.17, 15) is 5.11 Å². The first kappa shape index (κ1) is 27.1. The molecule has 0 amide bonds. The standard InChI is InChI=1S/C33H34O5/c1-2-9-32(26-12-7-4-8-13-26)33(27-14-18-30(19-15-27)36-24-29(35)22-34)28-16-20-31(21-17-28)38-37-23-25-10-5-3-6-11-25/h3-8,10-21,29,34-35H,2,9,22-24H2,1H3/b33-32+. The van der Waals surface area contributed by atoms with Crippen LogP contribution in [0.25, 0.3) is 11.1 Å². The summed E-state index contributed by atoms with van der Waals surface area (Å²) in [5, 5.41) is 18.6. The summed E-state index contributed by atoms with van der Waals surface area (Å²) >= 11 is 0. The Hall–Kier alpha value is -3.90. The summed E-state index contributed by atoms with van der Waals surface area (Å²) in [6, 6.07) is 36.1. The highest BCUT2D eigenvalue weighted by Gasteiger charge is 2.15. The molecule has 2 N–H and O–H groups in total. The molecule has 38 heavy (non-hydrogen) atoms. The number of aliphatic hydroxyl groups excluding tert-OH is 2. The van der Waals surface area contributed by atoms with Crippen LogP contribution in [0.1, 0.15) is 42.0 Å². The van der Waals surface area contributed by atoms with E-state index in [-0.39, 0.29) is 13.2 Å². The highest BCUT2D eigenvalue weighted by Crippen LogP contribution is 2.36. The zero-order valence-corrected chi connectivity index (χ0v) is 21.6. The molecule has 4 aromatic carbocycles. The Bertz CT molecular complexity index is 1270. The number of benzene rings is 4. The molecule has 5 heteroatoms. The van der Waals surface area contributed by atoms with Crippen molar-refractivity contribution < 1.29 is 24.7 Å². The molecule has 0 radical (unpaired) electrons. The molecule has 0 aromatic heterocycles. The van der Waals surface area contributed by atoms with Crippen LogP contribution in [0.15, 0.2) is 109 Å². The Morgan fingerprint density at radius 3 is 1.87 bits per heavy atom. The van der Waals surface area contributed by atoms with Crippen LogP contribution in [-0.4, -0.2) is 29.5 Å². The van der Waals surface area contributed by atoms with Crippen molar-refractivity contribution in [1.82, 2.24) is 0 Å². The third-order valence-corrected chi connectivity index (χ3v) is 6.09. The Balaban J connectivity index is 1.62. The first-order valence-electron chi connectivity index (χ1n) is 12.9. The topological polar surface area (TPSA) is 68.2 Å². The lowest BCUT2D eigenvalue weighted by Gasteiger charge is -2.18. The molecule has 0 saturated carbocycles. The van der Waals surface area contributed by atoms with Gasteiger partial charge in [-0.05, 0) is 64.1 Å². The second-order valence-corrected chi connectivity index (χ2v) is 9.00. The van der Waals surface area contributed by atoms with Crippen molar-refractivity contribution in [3.05, 3.63) is 131 Å². The van der Waals surface area contributed by atoms with Gasteiger partial charge < -0.3 is 19.8 Å². The van der Waals surface area contributed by atoms with Crippen LogP contribution >= 0.6 is 0 Å². The highest BCUT2D eigenvalue weighted by atomic mass is 17.2. The van der Waals surface area contributed by atoms with Gasteiger partial charge in [-0.25, -0.2) is 0 Å². The van der Waals surface area contributed by atoms with Gasteiger partial charge in [0.05, 0.1) is 6.61 Å². The quantitative estimate of drug-likeness (QED) is 0.119. The molecule has 0 saturated heterocycles. The van der Waals surface area contributed by atoms with E-state index in [1.54, 1.807) is 0 Å². The van der Waals surface area contributed by atoms with Crippen LogP contribution in [0.2, 0.25) is 0 Å². The van der Waals surface area contributed by atoms with E-state index in [1.807, 2.05) is 72.8 Å². The fourth-order valence-corrected chi connectivity index (χ4v) is 4.20. The minimum absolute atomic E-state index is 0.0391. The molecule has 0 spiro atoms. The van der Waals surface area contributed by atoms with Gasteiger partial charge in [0.25, 0.3) is 0 Å². The lowest BCUT2D eigenvalue weighted by molar-refractivity contribution is -0.217. The Labute approximate surface area is 224 Å². The normalized spacial score (nSPS) is 12.5. The monoisotopic (exact) mass is 510 g/mol. The maximum Gasteiger partial charge on any atom is 0.165 e. The lowest BCUT2D eigenvalue weighted by atomic mass is 9.87.